The first-order valence-electron chi connectivity index (χ1n) is 8.07. The topological polar surface area (TPSA) is 62.4 Å². The van der Waals surface area contributed by atoms with Gasteiger partial charge in [0, 0.05) is 37.9 Å². The van der Waals surface area contributed by atoms with Gasteiger partial charge in [0.15, 0.2) is 0 Å². The molecule has 2 amide bonds. The summed E-state index contributed by atoms with van der Waals surface area (Å²) in [5.74, 6) is 0. The lowest BCUT2D eigenvalue weighted by Gasteiger charge is -2.40. The molecule has 3 N–H and O–H groups in total. The molecular weight excluding hydrogens is 278 g/mol. The monoisotopic (exact) mass is 305 g/mol. The zero-order valence-corrected chi connectivity index (χ0v) is 13.5. The van der Waals surface area contributed by atoms with Crippen molar-refractivity contribution in [1.29, 1.82) is 0 Å². The van der Waals surface area contributed by atoms with Gasteiger partial charge < -0.3 is 20.7 Å². The van der Waals surface area contributed by atoms with Crippen molar-refractivity contribution < 1.29 is 9.53 Å². The number of rotatable bonds is 6. The molecular formula is C17H27N3O2. The molecule has 0 spiro atoms. The van der Waals surface area contributed by atoms with Crippen LogP contribution in [-0.4, -0.2) is 37.9 Å². The van der Waals surface area contributed by atoms with Crippen LogP contribution in [0.3, 0.4) is 0 Å². The van der Waals surface area contributed by atoms with Gasteiger partial charge in [-0.25, -0.2) is 4.79 Å². The Kier molecular flexibility index (Phi) is 6.21. The summed E-state index contributed by atoms with van der Waals surface area (Å²) < 4.78 is 5.50. The summed E-state index contributed by atoms with van der Waals surface area (Å²) >= 11 is 0. The molecule has 1 fully saturated rings. The lowest BCUT2D eigenvalue weighted by atomic mass is 9.88. The van der Waals surface area contributed by atoms with E-state index in [1.54, 1.807) is 0 Å². The van der Waals surface area contributed by atoms with Crippen molar-refractivity contribution in [3.8, 4) is 0 Å². The molecule has 122 valence electrons. The number of urea groups is 1. The van der Waals surface area contributed by atoms with Gasteiger partial charge in [-0.05, 0) is 32.3 Å². The number of ether oxygens (including phenoxy) is 1. The Hall–Kier alpha value is -1.59. The second kappa shape index (κ2) is 8.15. The Morgan fingerprint density at radius 3 is 2.55 bits per heavy atom. The largest absolute Gasteiger partial charge is 0.381 e. The third-order valence-electron chi connectivity index (χ3n) is 4.20. The van der Waals surface area contributed by atoms with E-state index in [0.29, 0.717) is 13.1 Å². The molecule has 5 heteroatoms. The van der Waals surface area contributed by atoms with Crippen molar-refractivity contribution in [2.75, 3.05) is 26.3 Å². The first-order chi connectivity index (χ1) is 10.7. The summed E-state index contributed by atoms with van der Waals surface area (Å²) in [4.78, 5) is 11.7. The highest BCUT2D eigenvalue weighted by molar-refractivity contribution is 5.73. The summed E-state index contributed by atoms with van der Waals surface area (Å²) in [5, 5.41) is 9.48. The minimum atomic E-state index is -0.113. The molecule has 1 aliphatic heterocycles. The normalized spacial score (nSPS) is 18.5. The van der Waals surface area contributed by atoms with E-state index in [1.807, 2.05) is 13.0 Å². The molecule has 1 saturated heterocycles. The van der Waals surface area contributed by atoms with Crippen molar-refractivity contribution in [3.63, 3.8) is 0 Å². The molecule has 1 aromatic rings. The van der Waals surface area contributed by atoms with Crippen LogP contribution >= 0.6 is 0 Å². The van der Waals surface area contributed by atoms with E-state index in [2.05, 4.69) is 47.1 Å². The van der Waals surface area contributed by atoms with E-state index < -0.39 is 0 Å². The predicted octanol–water partition coefficient (Wildman–Crippen LogP) is 2.21. The number of hydrogen-bond donors (Lipinski definition) is 3. The molecule has 1 aliphatic rings. The van der Waals surface area contributed by atoms with Crippen LogP contribution in [0.2, 0.25) is 0 Å². The van der Waals surface area contributed by atoms with E-state index in [-0.39, 0.29) is 17.6 Å². The number of hydrogen-bond acceptors (Lipinski definition) is 3. The second-order valence-corrected chi connectivity index (χ2v) is 5.88. The smallest absolute Gasteiger partial charge is 0.314 e. The van der Waals surface area contributed by atoms with Crippen molar-refractivity contribution in [1.82, 2.24) is 16.0 Å². The molecule has 1 aromatic carbocycles. The zero-order valence-electron chi connectivity index (χ0n) is 13.5. The summed E-state index contributed by atoms with van der Waals surface area (Å²) in [6.45, 7) is 6.78. The van der Waals surface area contributed by atoms with Crippen molar-refractivity contribution in [2.24, 2.45) is 0 Å². The van der Waals surface area contributed by atoms with Crippen LogP contribution in [0.15, 0.2) is 30.3 Å². The molecule has 0 saturated carbocycles. The minimum Gasteiger partial charge on any atom is -0.381 e. The van der Waals surface area contributed by atoms with Crippen molar-refractivity contribution >= 4 is 6.03 Å². The SMILES string of the molecule is CCNC(=O)NCC1(N[C@@H](C)c2ccccc2)CCOCC1. The van der Waals surface area contributed by atoms with Gasteiger partial charge in [-0.15, -0.1) is 0 Å². The van der Waals surface area contributed by atoms with Gasteiger partial charge >= 0.3 is 6.03 Å². The molecule has 0 bridgehead atoms. The quantitative estimate of drug-likeness (QED) is 0.755. The molecule has 1 atom stereocenters. The van der Waals surface area contributed by atoms with Crippen LogP contribution in [0.25, 0.3) is 0 Å². The van der Waals surface area contributed by atoms with Gasteiger partial charge in [-0.1, -0.05) is 30.3 Å². The van der Waals surface area contributed by atoms with Gasteiger partial charge in [0.1, 0.15) is 0 Å². The third kappa shape index (κ3) is 4.71. The Balaban J connectivity index is 2.00. The lowest BCUT2D eigenvalue weighted by Crippen LogP contribution is -2.58. The van der Waals surface area contributed by atoms with Crippen LogP contribution in [0.5, 0.6) is 0 Å². The van der Waals surface area contributed by atoms with E-state index in [1.165, 1.54) is 5.56 Å². The van der Waals surface area contributed by atoms with Crippen LogP contribution in [0, 0.1) is 0 Å². The van der Waals surface area contributed by atoms with Crippen LogP contribution in [-0.2, 0) is 4.74 Å². The minimum absolute atomic E-state index is 0.109. The number of carbonyl (C=O) groups excluding carboxylic acids is 1. The highest BCUT2D eigenvalue weighted by Crippen LogP contribution is 2.24. The fourth-order valence-corrected chi connectivity index (χ4v) is 2.89. The van der Waals surface area contributed by atoms with Gasteiger partial charge in [0.05, 0.1) is 0 Å². The van der Waals surface area contributed by atoms with Gasteiger partial charge in [-0.2, -0.15) is 0 Å². The number of benzene rings is 1. The summed E-state index contributed by atoms with van der Waals surface area (Å²) in [6, 6.07) is 10.5. The fourth-order valence-electron chi connectivity index (χ4n) is 2.89. The lowest BCUT2D eigenvalue weighted by molar-refractivity contribution is 0.0347. The average Bonchev–Trinajstić information content (AvgIpc) is 2.55. The molecule has 5 nitrogen and oxygen atoms in total. The van der Waals surface area contributed by atoms with Crippen molar-refractivity contribution in [2.45, 2.75) is 38.3 Å². The maximum absolute atomic E-state index is 11.7. The first kappa shape index (κ1) is 16.8. The Morgan fingerprint density at radius 2 is 1.91 bits per heavy atom. The van der Waals surface area contributed by atoms with Crippen LogP contribution in [0.4, 0.5) is 4.79 Å². The Bertz CT molecular complexity index is 458. The average molecular weight is 305 g/mol. The Labute approximate surface area is 132 Å². The van der Waals surface area contributed by atoms with Gasteiger partial charge in [0.2, 0.25) is 0 Å². The van der Waals surface area contributed by atoms with Gasteiger partial charge in [-0.3, -0.25) is 0 Å². The van der Waals surface area contributed by atoms with Crippen LogP contribution in [0.1, 0.15) is 38.3 Å². The molecule has 0 unspecified atom stereocenters. The summed E-state index contributed by atoms with van der Waals surface area (Å²) in [5.41, 5.74) is 1.14. The maximum atomic E-state index is 11.7. The fraction of sp³-hybridized carbons (Fsp3) is 0.588. The summed E-state index contributed by atoms with van der Waals surface area (Å²) in [7, 11) is 0. The number of amides is 2. The van der Waals surface area contributed by atoms with E-state index in [4.69, 9.17) is 4.74 Å². The van der Waals surface area contributed by atoms with E-state index in [0.717, 1.165) is 26.1 Å². The van der Waals surface area contributed by atoms with Crippen LogP contribution < -0.4 is 16.0 Å². The molecule has 1 heterocycles. The summed E-state index contributed by atoms with van der Waals surface area (Å²) in [6.07, 6.45) is 1.80. The molecule has 0 aromatic heterocycles. The second-order valence-electron chi connectivity index (χ2n) is 5.88. The Morgan fingerprint density at radius 1 is 1.23 bits per heavy atom. The predicted molar refractivity (Wildman–Crippen MR) is 87.9 cm³/mol. The molecule has 0 aliphatic carbocycles. The zero-order chi connectivity index (χ0) is 15.8. The van der Waals surface area contributed by atoms with E-state index >= 15 is 0 Å². The first-order valence-corrected chi connectivity index (χ1v) is 8.07. The molecule has 0 radical (unpaired) electrons. The third-order valence-corrected chi connectivity index (χ3v) is 4.20. The highest BCUT2D eigenvalue weighted by Gasteiger charge is 2.34. The van der Waals surface area contributed by atoms with E-state index in [9.17, 15) is 4.79 Å². The number of nitrogens with one attached hydrogen (secondary N) is 3. The maximum Gasteiger partial charge on any atom is 0.314 e. The molecule has 2 rings (SSSR count). The van der Waals surface area contributed by atoms with Gasteiger partial charge in [0.25, 0.3) is 0 Å². The van der Waals surface area contributed by atoms with Crippen molar-refractivity contribution in [3.05, 3.63) is 35.9 Å². The highest BCUT2D eigenvalue weighted by atomic mass is 16.5. The molecule has 22 heavy (non-hydrogen) atoms. The number of carbonyl (C=O) groups is 1. The standard InChI is InChI=1S/C17H27N3O2/c1-3-18-16(21)19-13-17(9-11-22-12-10-17)20-14(2)15-7-5-4-6-8-15/h4-8,14,20H,3,9-13H2,1-2H3,(H2,18,19,21)/t14-/m0/s1.